The van der Waals surface area contributed by atoms with Crippen LogP contribution in [0.4, 0.5) is 0 Å². The number of aryl methyl sites for hydroxylation is 2. The van der Waals surface area contributed by atoms with E-state index in [0.29, 0.717) is 6.04 Å². The van der Waals surface area contributed by atoms with Crippen LogP contribution in [0.15, 0.2) is 53.4 Å². The van der Waals surface area contributed by atoms with Crippen LogP contribution in [0.1, 0.15) is 29.2 Å². The van der Waals surface area contributed by atoms with Crippen molar-refractivity contribution in [3.8, 4) is 0 Å². The Morgan fingerprint density at radius 3 is 2.65 bits per heavy atom. The molecule has 2 aromatic carbocycles. The quantitative estimate of drug-likeness (QED) is 0.824. The summed E-state index contributed by atoms with van der Waals surface area (Å²) in [7, 11) is 2.04. The predicted molar refractivity (Wildman–Crippen MR) is 87.4 cm³/mol. The molecule has 1 nitrogen and oxygen atoms in total. The summed E-state index contributed by atoms with van der Waals surface area (Å²) in [4.78, 5) is 1.40. The van der Waals surface area contributed by atoms with E-state index >= 15 is 0 Å². The van der Waals surface area contributed by atoms with E-state index in [1.165, 1.54) is 29.7 Å². The summed E-state index contributed by atoms with van der Waals surface area (Å²) in [6.45, 7) is 0. The Balaban J connectivity index is 1.66. The standard InChI is InChI=1S/C18H21NS/c1-19-18(15-6-3-2-4-7-15)13-20-17-11-10-14-8-5-9-16(14)12-17/h2-4,6-7,10-12,18-19H,5,8-9,13H2,1H3. The van der Waals surface area contributed by atoms with Gasteiger partial charge in [-0.3, -0.25) is 0 Å². The molecule has 0 heterocycles. The summed E-state index contributed by atoms with van der Waals surface area (Å²) in [5.74, 6) is 1.07. The highest BCUT2D eigenvalue weighted by molar-refractivity contribution is 7.99. The van der Waals surface area contributed by atoms with E-state index in [1.807, 2.05) is 18.8 Å². The molecular weight excluding hydrogens is 262 g/mol. The lowest BCUT2D eigenvalue weighted by Gasteiger charge is -2.16. The Bertz CT molecular complexity index is 565. The van der Waals surface area contributed by atoms with E-state index in [0.717, 1.165) is 5.75 Å². The van der Waals surface area contributed by atoms with E-state index in [-0.39, 0.29) is 0 Å². The first-order valence-electron chi connectivity index (χ1n) is 7.33. The van der Waals surface area contributed by atoms with Crippen LogP contribution in [0.25, 0.3) is 0 Å². The lowest BCUT2D eigenvalue weighted by molar-refractivity contribution is 0.662. The zero-order valence-electron chi connectivity index (χ0n) is 11.9. The smallest absolute Gasteiger partial charge is 0.0412 e. The van der Waals surface area contributed by atoms with Crippen LogP contribution in [0.3, 0.4) is 0 Å². The number of rotatable bonds is 5. The highest BCUT2D eigenvalue weighted by Crippen LogP contribution is 2.29. The molecule has 1 atom stereocenters. The van der Waals surface area contributed by atoms with Crippen molar-refractivity contribution >= 4 is 11.8 Å². The van der Waals surface area contributed by atoms with Crippen molar-refractivity contribution in [1.82, 2.24) is 5.32 Å². The number of hydrogen-bond donors (Lipinski definition) is 1. The van der Waals surface area contributed by atoms with E-state index in [1.54, 1.807) is 11.1 Å². The lowest BCUT2D eigenvalue weighted by Crippen LogP contribution is -2.18. The molecule has 0 saturated heterocycles. The molecule has 1 aliphatic rings. The summed E-state index contributed by atoms with van der Waals surface area (Å²) in [6, 6.07) is 18.1. The van der Waals surface area contributed by atoms with Crippen molar-refractivity contribution in [1.29, 1.82) is 0 Å². The van der Waals surface area contributed by atoms with Crippen LogP contribution in [0, 0.1) is 0 Å². The van der Waals surface area contributed by atoms with Crippen molar-refractivity contribution in [3.63, 3.8) is 0 Å². The molecule has 104 valence electrons. The van der Waals surface area contributed by atoms with Crippen molar-refractivity contribution in [2.24, 2.45) is 0 Å². The van der Waals surface area contributed by atoms with Gasteiger partial charge in [-0.15, -0.1) is 11.8 Å². The van der Waals surface area contributed by atoms with Crippen LogP contribution in [-0.4, -0.2) is 12.8 Å². The topological polar surface area (TPSA) is 12.0 Å². The van der Waals surface area contributed by atoms with E-state index in [2.05, 4.69) is 53.8 Å². The molecule has 1 N–H and O–H groups in total. The van der Waals surface area contributed by atoms with Gasteiger partial charge in [0.2, 0.25) is 0 Å². The predicted octanol–water partition coefficient (Wildman–Crippen LogP) is 4.23. The molecule has 0 fully saturated rings. The fourth-order valence-electron chi connectivity index (χ4n) is 2.85. The maximum atomic E-state index is 3.42. The summed E-state index contributed by atoms with van der Waals surface area (Å²) in [5.41, 5.74) is 4.49. The minimum atomic E-state index is 0.412. The molecule has 0 aliphatic heterocycles. The van der Waals surface area contributed by atoms with Gasteiger partial charge in [-0.25, -0.2) is 0 Å². The molecule has 0 spiro atoms. The first-order chi connectivity index (χ1) is 9.86. The number of hydrogen-bond acceptors (Lipinski definition) is 2. The van der Waals surface area contributed by atoms with Gasteiger partial charge in [-0.1, -0.05) is 36.4 Å². The average Bonchev–Trinajstić information content (AvgIpc) is 2.96. The summed E-state index contributed by atoms with van der Waals surface area (Å²) < 4.78 is 0. The van der Waals surface area contributed by atoms with Gasteiger partial charge in [0.25, 0.3) is 0 Å². The highest BCUT2D eigenvalue weighted by Gasteiger charge is 2.13. The van der Waals surface area contributed by atoms with Gasteiger partial charge in [0.1, 0.15) is 0 Å². The first kappa shape index (κ1) is 13.7. The van der Waals surface area contributed by atoms with Gasteiger partial charge in [-0.2, -0.15) is 0 Å². The van der Waals surface area contributed by atoms with E-state index < -0.39 is 0 Å². The second-order valence-corrected chi connectivity index (χ2v) is 6.44. The van der Waals surface area contributed by atoms with Crippen LogP contribution in [0.5, 0.6) is 0 Å². The maximum absolute atomic E-state index is 3.42. The Kier molecular flexibility index (Phi) is 4.44. The summed E-state index contributed by atoms with van der Waals surface area (Å²) >= 11 is 1.95. The zero-order chi connectivity index (χ0) is 13.8. The van der Waals surface area contributed by atoms with Gasteiger partial charge in [0, 0.05) is 16.7 Å². The van der Waals surface area contributed by atoms with Crippen LogP contribution in [0.2, 0.25) is 0 Å². The molecule has 0 amide bonds. The largest absolute Gasteiger partial charge is 0.312 e. The minimum absolute atomic E-state index is 0.412. The molecule has 1 unspecified atom stereocenters. The second kappa shape index (κ2) is 6.47. The van der Waals surface area contributed by atoms with Crippen molar-refractivity contribution < 1.29 is 0 Å². The van der Waals surface area contributed by atoms with E-state index in [9.17, 15) is 0 Å². The number of fused-ring (bicyclic) bond motifs is 1. The van der Waals surface area contributed by atoms with Crippen LogP contribution < -0.4 is 5.32 Å². The maximum Gasteiger partial charge on any atom is 0.0412 e. The van der Waals surface area contributed by atoms with Crippen molar-refractivity contribution in [2.75, 3.05) is 12.8 Å². The molecule has 3 rings (SSSR count). The third kappa shape index (κ3) is 3.08. The monoisotopic (exact) mass is 283 g/mol. The van der Waals surface area contributed by atoms with Gasteiger partial charge < -0.3 is 5.32 Å². The zero-order valence-corrected chi connectivity index (χ0v) is 12.7. The molecule has 0 radical (unpaired) electrons. The van der Waals surface area contributed by atoms with Gasteiger partial charge >= 0.3 is 0 Å². The second-order valence-electron chi connectivity index (χ2n) is 5.35. The summed E-state index contributed by atoms with van der Waals surface area (Å²) in [6.07, 6.45) is 3.86. The van der Waals surface area contributed by atoms with Crippen LogP contribution in [-0.2, 0) is 12.8 Å². The summed E-state index contributed by atoms with van der Waals surface area (Å²) in [5, 5.41) is 3.42. The Labute approximate surface area is 125 Å². The van der Waals surface area contributed by atoms with Crippen LogP contribution >= 0.6 is 11.8 Å². The van der Waals surface area contributed by atoms with Crippen molar-refractivity contribution in [3.05, 3.63) is 65.2 Å². The number of benzene rings is 2. The molecule has 2 heteroatoms. The Hall–Kier alpha value is -1.25. The molecule has 0 saturated carbocycles. The molecule has 2 aromatic rings. The molecule has 0 bridgehead atoms. The third-order valence-corrected chi connectivity index (χ3v) is 5.12. The van der Waals surface area contributed by atoms with E-state index in [4.69, 9.17) is 0 Å². The highest BCUT2D eigenvalue weighted by atomic mass is 32.2. The Morgan fingerprint density at radius 2 is 1.85 bits per heavy atom. The number of thioether (sulfide) groups is 1. The minimum Gasteiger partial charge on any atom is -0.312 e. The molecule has 1 aliphatic carbocycles. The number of nitrogens with one attached hydrogen (secondary N) is 1. The average molecular weight is 283 g/mol. The SMILES string of the molecule is CNC(CSc1ccc2c(c1)CCC2)c1ccccc1. The van der Waals surface area contributed by atoms with Crippen molar-refractivity contribution in [2.45, 2.75) is 30.2 Å². The van der Waals surface area contributed by atoms with Gasteiger partial charge in [-0.05, 0) is 55.1 Å². The third-order valence-electron chi connectivity index (χ3n) is 4.04. The lowest BCUT2D eigenvalue weighted by atomic mass is 10.1. The fourth-order valence-corrected chi connectivity index (χ4v) is 3.96. The van der Waals surface area contributed by atoms with Gasteiger partial charge in [0.05, 0.1) is 0 Å². The molecule has 20 heavy (non-hydrogen) atoms. The molecule has 0 aromatic heterocycles. The van der Waals surface area contributed by atoms with Gasteiger partial charge in [0.15, 0.2) is 0 Å². The fraction of sp³-hybridized carbons (Fsp3) is 0.333. The normalized spacial score (nSPS) is 15.1. The molecular formula is C18H21NS. The first-order valence-corrected chi connectivity index (χ1v) is 8.32. The Morgan fingerprint density at radius 1 is 1.05 bits per heavy atom.